The predicted molar refractivity (Wildman–Crippen MR) is 518 cm³/mol. The van der Waals surface area contributed by atoms with Gasteiger partial charge in [-0.15, -0.1) is 0 Å². The molecule has 0 saturated heterocycles. The SMILES string of the molecule is C.C.C.CO.COC(=C1C2CC3CC(C2)CC1C3)c1cc(O)c(/C=C/C(=O)O)cc1C=O.COC(=C1C2CC3CC(C2)CC1C3)c1cc(O)c(I)cc1C=O.COC(=C1C2CC3CC(C2)CC1C3)c1cc(O)c(I)cc1CO.COC(=C1C2CC3CC(C2)CC1C3)c1cc(O)ccc1CO.COC(=O)/C=C/c1cc(C=O)c(C(OC)=C2C3CC4CC(C3)CC2C4)cc1O.[Na+].[OH-].[O]=[Mn]=[O]. The van der Waals surface area contributed by atoms with Gasteiger partial charge in [-0.2, -0.15) is 0 Å². The molecule has 27 heteroatoms. The number of carboxylic acids is 1. The maximum absolute atomic E-state index is 11.8. The standard InChI is InChI=1S/C23H26O5.C22H24O5.C19H23IO3.C19H21IO3.C19H24O3.CH4O.3CH4.Mn.Na.H2O.2O/c1-27-21(26)4-3-15-10-18(12-24)19(11-20(15)25)23(28-2)22-16-6-13-5-14(8-16)9-17(22)7-13;1-27-22(21-15-5-12-4-13(7-15)8-16(21)6-12)18-10-19(24)14(2-3-20(25)26)9-17(18)11-23;2*1-23-19(15-8-17(22)16(20)7-14(15)9-21)18-12-3-10-2-11(5-12)6-13(18)4-10;1-22-19(17-9-16(21)3-2-13(17)10-20)18-14-5-11-4-12(7-14)8-15(18)6-11;1-2;;;;;;;;/h3-4,10-14,16-17,25H,5-9H2,1-2H3;2-3,9-13,15-16,24H,4-8H2,1H3,(H,25,26);7-8,10-13,21-22H,2-6,9H2,1H3;7-13,22H,2-6H2,1H3;2-3,9,11-12,14-15,20-21H,4-8,10H2,1H3;2H,1H3;3*1H4;;;1H2;;/q;;;;;;;;;;+1;;;/p-1/b4-3+,23-22?;3-2+,22-21?;;;;;;;;;;;;. The van der Waals surface area contributed by atoms with Crippen molar-refractivity contribution in [2.45, 2.75) is 196 Å². The molecule has 0 spiro atoms. The van der Waals surface area contributed by atoms with Crippen LogP contribution >= 0.6 is 45.2 Å². The van der Waals surface area contributed by atoms with E-state index in [0.717, 1.165) is 151 Å². The molecule has 0 radical (unpaired) electrons. The van der Waals surface area contributed by atoms with Gasteiger partial charge in [0.1, 0.15) is 57.5 Å². The Balaban J connectivity index is 0.000000183. The second-order valence-electron chi connectivity index (χ2n) is 38.4. The Morgan fingerprint density at radius 3 is 0.842 bits per heavy atom. The van der Waals surface area contributed by atoms with Crippen LogP contribution in [-0.4, -0.2) is 132 Å². The summed E-state index contributed by atoms with van der Waals surface area (Å²) in [6, 6.07) is 18.5. The van der Waals surface area contributed by atoms with Crippen LogP contribution in [0.1, 0.15) is 264 Å². The zero-order chi connectivity index (χ0) is 91.2. The van der Waals surface area contributed by atoms with E-state index in [9.17, 15) is 59.7 Å². The van der Waals surface area contributed by atoms with Crippen molar-refractivity contribution < 1.29 is 156 Å². The number of aliphatic hydroxyl groups excluding tert-OH is 3. The van der Waals surface area contributed by atoms with Crippen molar-refractivity contribution in [3.63, 3.8) is 0 Å². The Bertz CT molecular complexity index is 5130. The molecule has 5 aromatic rings. The number of ether oxygens (including phenoxy) is 6. The summed E-state index contributed by atoms with van der Waals surface area (Å²) in [4.78, 5) is 57.2. The normalized spacial score (nSPS) is 28.0. The summed E-state index contributed by atoms with van der Waals surface area (Å²) >= 11 is 2.71. The Morgan fingerprint density at radius 2 is 0.586 bits per heavy atom. The van der Waals surface area contributed by atoms with E-state index in [1.165, 1.54) is 226 Å². The van der Waals surface area contributed by atoms with Gasteiger partial charge in [-0.05, 0) is 436 Å². The van der Waals surface area contributed by atoms with E-state index in [-0.39, 0.29) is 99.3 Å². The number of carboxylic acid groups (broad SMARTS) is 1. The number of aldehydes is 3. The summed E-state index contributed by atoms with van der Waals surface area (Å²) in [5, 5.41) is 86.2. The van der Waals surface area contributed by atoms with Gasteiger partial charge >= 0.3 is 64.0 Å². The van der Waals surface area contributed by atoms with Gasteiger partial charge in [-0.3, -0.25) is 14.4 Å². The van der Waals surface area contributed by atoms with Gasteiger partial charge in [0.25, 0.3) is 0 Å². The Morgan fingerprint density at radius 1 is 0.346 bits per heavy atom. The van der Waals surface area contributed by atoms with E-state index in [1.807, 2.05) is 28.7 Å². The molecular formula is C106H135I2MnNaO23. The number of allylic oxidation sites excluding steroid dienone is 5. The van der Waals surface area contributed by atoms with E-state index in [0.29, 0.717) is 102 Å². The fourth-order valence-corrected chi connectivity index (χ4v) is 28.5. The van der Waals surface area contributed by atoms with Crippen LogP contribution in [0.2, 0.25) is 0 Å². The third kappa shape index (κ3) is 23.6. The molecule has 0 atom stereocenters. The van der Waals surface area contributed by atoms with Gasteiger partial charge in [0, 0.05) is 74.9 Å². The molecule has 0 heterocycles. The molecule has 133 heavy (non-hydrogen) atoms. The number of benzene rings is 5. The number of carbonyl (C=O) groups excluding carboxylic acids is 4. The minimum absolute atomic E-state index is 0. The van der Waals surface area contributed by atoms with Gasteiger partial charge < -0.3 is 79.9 Å². The molecule has 25 rings (SSSR count). The van der Waals surface area contributed by atoms with Crippen LogP contribution in [0.3, 0.4) is 0 Å². The second kappa shape index (κ2) is 48.8. The van der Waals surface area contributed by atoms with Crippen molar-refractivity contribution in [2.75, 3.05) is 49.8 Å². The third-order valence-corrected chi connectivity index (χ3v) is 32.9. The number of esters is 1. The first-order valence-electron chi connectivity index (χ1n) is 45.4. The van der Waals surface area contributed by atoms with Gasteiger partial charge in [-0.1, -0.05) is 28.3 Å². The zero-order valence-electron chi connectivity index (χ0n) is 75.4. The molecule has 23 nitrogen and oxygen atoms in total. The van der Waals surface area contributed by atoms with E-state index in [1.54, 1.807) is 84.1 Å². The van der Waals surface area contributed by atoms with E-state index in [4.69, 9.17) is 41.6 Å². The van der Waals surface area contributed by atoms with Crippen LogP contribution in [-0.2, 0) is 73.7 Å². The first-order chi connectivity index (χ1) is 61.8. The number of aromatic hydroxyl groups is 5. The fourth-order valence-electron chi connectivity index (χ4n) is 27.4. The maximum atomic E-state index is 11.8. The summed E-state index contributed by atoms with van der Waals surface area (Å²) in [6.45, 7) is -0.0668. The molecule has 20 saturated carbocycles. The van der Waals surface area contributed by atoms with Gasteiger partial charge in [0.05, 0.1) is 63.0 Å². The Hall–Kier alpha value is -7.35. The Kier molecular flexibility index (Phi) is 40.1. The van der Waals surface area contributed by atoms with E-state index in [2.05, 4.69) is 27.3 Å². The second-order valence-corrected chi connectivity index (χ2v) is 40.9. The van der Waals surface area contributed by atoms with Crippen molar-refractivity contribution in [1.29, 1.82) is 0 Å². The van der Waals surface area contributed by atoms with Crippen molar-refractivity contribution in [3.8, 4) is 28.7 Å². The number of hydrogen-bond acceptors (Lipinski definition) is 22. The number of halogens is 2. The number of aliphatic carboxylic acids is 1. The number of hydrogen-bond donors (Lipinski definition) is 9. The molecule has 5 aromatic carbocycles. The first-order valence-corrected chi connectivity index (χ1v) is 48.6. The van der Waals surface area contributed by atoms with Crippen molar-refractivity contribution >= 4 is 117 Å². The van der Waals surface area contributed by atoms with Crippen LogP contribution < -0.4 is 29.6 Å². The van der Waals surface area contributed by atoms with E-state index < -0.39 is 26.8 Å². The van der Waals surface area contributed by atoms with Crippen LogP contribution in [0.5, 0.6) is 28.7 Å². The Labute approximate surface area is 839 Å². The summed E-state index contributed by atoms with van der Waals surface area (Å²) in [5.41, 5.74) is 14.5. The third-order valence-electron chi connectivity index (χ3n) is 31.2. The summed E-state index contributed by atoms with van der Waals surface area (Å²) in [7, 11) is 10.7. The molecule has 10 N–H and O–H groups in total. The van der Waals surface area contributed by atoms with Crippen molar-refractivity contribution in [2.24, 2.45) is 118 Å². The molecule has 0 unspecified atom stereocenters. The van der Waals surface area contributed by atoms with Gasteiger partial charge in [0.15, 0.2) is 18.9 Å². The van der Waals surface area contributed by atoms with Crippen LogP contribution in [0.25, 0.3) is 40.9 Å². The van der Waals surface area contributed by atoms with Gasteiger partial charge in [0.2, 0.25) is 0 Å². The van der Waals surface area contributed by atoms with Crippen LogP contribution in [0.4, 0.5) is 0 Å². The van der Waals surface area contributed by atoms with E-state index >= 15 is 0 Å². The molecule has 20 aliphatic carbocycles. The number of phenolic OH excluding ortho intramolecular Hbond substituents is 5. The minimum atomic E-state index is -1.44. The van der Waals surface area contributed by atoms with Crippen molar-refractivity contribution in [3.05, 3.63) is 181 Å². The van der Waals surface area contributed by atoms with Crippen LogP contribution in [0.15, 0.2) is 107 Å². The number of rotatable bonds is 19. The first kappa shape index (κ1) is 109. The molecule has 0 aliphatic heterocycles. The summed E-state index contributed by atoms with van der Waals surface area (Å²) in [6.07, 6.45) is 39.3. The number of carbonyl (C=O) groups is 5. The fraction of sp³-hybridized carbons (Fsp3) is 0.538. The predicted octanol–water partition coefficient (Wildman–Crippen LogP) is 19.0. The molecule has 719 valence electrons. The number of methoxy groups -OCH3 is 6. The quantitative estimate of drug-likeness (QED) is 0.00926. The average molecular weight is 2110 g/mol. The molecule has 20 fully saturated rings. The zero-order valence-corrected chi connectivity index (χ0v) is 82.9. The molecule has 0 amide bonds. The topological polar surface area (TPSA) is 387 Å². The van der Waals surface area contributed by atoms with Crippen LogP contribution in [0, 0.1) is 125 Å². The summed E-state index contributed by atoms with van der Waals surface area (Å²) in [5.74, 6) is 17.6. The molecule has 0 aromatic heterocycles. The number of phenols is 5. The molecular weight excluding hydrogens is 1970 g/mol. The number of aliphatic hydroxyl groups is 3. The molecule has 20 bridgehead atoms. The molecule has 20 aliphatic rings. The van der Waals surface area contributed by atoms with Crippen molar-refractivity contribution in [1.82, 2.24) is 0 Å². The monoisotopic (exact) mass is 2110 g/mol. The summed E-state index contributed by atoms with van der Waals surface area (Å²) < 4.78 is 52.0. The van der Waals surface area contributed by atoms with Gasteiger partial charge in [-0.25, -0.2) is 9.59 Å². The average Bonchev–Trinajstić information content (AvgIpc) is 0.743.